The Bertz CT molecular complexity index is 1110. The Hall–Kier alpha value is -3.20. The van der Waals surface area contributed by atoms with Gasteiger partial charge >= 0.3 is 0 Å². The van der Waals surface area contributed by atoms with Gasteiger partial charge < -0.3 is 14.5 Å². The number of anilines is 1. The molecule has 0 radical (unpaired) electrons. The number of nitrogens with zero attached hydrogens (tertiary/aromatic N) is 6. The van der Waals surface area contributed by atoms with Crippen molar-refractivity contribution in [2.45, 2.75) is 32.0 Å². The van der Waals surface area contributed by atoms with Crippen molar-refractivity contribution in [3.8, 4) is 0 Å². The third kappa shape index (κ3) is 4.61. The molecule has 3 heterocycles. The van der Waals surface area contributed by atoms with Crippen LogP contribution in [-0.4, -0.2) is 63.5 Å². The maximum absolute atomic E-state index is 13.2. The van der Waals surface area contributed by atoms with E-state index in [2.05, 4.69) is 10.1 Å². The largest absolute Gasteiger partial charge is 0.378 e. The smallest absolute Gasteiger partial charge is 0.264 e. The van der Waals surface area contributed by atoms with E-state index in [1.54, 1.807) is 16.6 Å². The molecule has 1 fully saturated rings. The van der Waals surface area contributed by atoms with Crippen LogP contribution in [0.5, 0.6) is 0 Å². The standard InChI is InChI=1S/C22H28N6O3/c1-25(2)17-8-6-16(7-9-17)12-27(13-18-5-4-10-31-18)20(29)14-28-15-23-21-19(22(28)30)11-24-26(21)3/h6-9,11,15,18H,4-5,10,12-14H2,1-3H3. The number of amides is 1. The summed E-state index contributed by atoms with van der Waals surface area (Å²) in [6, 6.07) is 8.13. The number of aromatic nitrogens is 4. The molecule has 1 aliphatic heterocycles. The predicted molar refractivity (Wildman–Crippen MR) is 118 cm³/mol. The molecule has 4 rings (SSSR count). The number of carbonyl (C=O) groups excluding carboxylic acids is 1. The lowest BCUT2D eigenvalue weighted by Gasteiger charge is -2.26. The van der Waals surface area contributed by atoms with Crippen LogP contribution in [0.15, 0.2) is 41.6 Å². The summed E-state index contributed by atoms with van der Waals surface area (Å²) in [5, 5.41) is 4.49. The lowest BCUT2D eigenvalue weighted by Crippen LogP contribution is -2.40. The minimum Gasteiger partial charge on any atom is -0.378 e. The van der Waals surface area contributed by atoms with E-state index in [-0.39, 0.29) is 24.1 Å². The zero-order valence-corrected chi connectivity index (χ0v) is 18.2. The Labute approximate surface area is 180 Å². The van der Waals surface area contributed by atoms with Crippen molar-refractivity contribution < 1.29 is 9.53 Å². The van der Waals surface area contributed by atoms with Crippen molar-refractivity contribution in [2.75, 3.05) is 32.1 Å². The fourth-order valence-electron chi connectivity index (χ4n) is 3.83. The quantitative estimate of drug-likeness (QED) is 0.570. The lowest BCUT2D eigenvalue weighted by molar-refractivity contribution is -0.134. The minimum absolute atomic E-state index is 0.0284. The van der Waals surface area contributed by atoms with Crippen molar-refractivity contribution in [3.63, 3.8) is 0 Å². The SMILES string of the molecule is CN(C)c1ccc(CN(CC2CCCO2)C(=O)Cn2cnc3c(cnn3C)c2=O)cc1. The highest BCUT2D eigenvalue weighted by Crippen LogP contribution is 2.18. The Morgan fingerprint density at radius 3 is 2.71 bits per heavy atom. The normalized spacial score (nSPS) is 16.0. The van der Waals surface area contributed by atoms with Gasteiger partial charge in [-0.25, -0.2) is 4.98 Å². The summed E-state index contributed by atoms with van der Waals surface area (Å²) in [6.45, 7) is 1.62. The minimum atomic E-state index is -0.265. The zero-order chi connectivity index (χ0) is 22.0. The van der Waals surface area contributed by atoms with Crippen LogP contribution in [-0.2, 0) is 29.7 Å². The molecule has 1 unspecified atom stereocenters. The van der Waals surface area contributed by atoms with Crippen LogP contribution in [0.1, 0.15) is 18.4 Å². The molecule has 0 bridgehead atoms. The molecule has 1 saturated heterocycles. The Morgan fingerprint density at radius 2 is 2.03 bits per heavy atom. The van der Waals surface area contributed by atoms with Crippen molar-refractivity contribution in [1.29, 1.82) is 0 Å². The molecule has 1 aromatic carbocycles. The molecule has 9 heteroatoms. The molecule has 3 aromatic rings. The zero-order valence-electron chi connectivity index (χ0n) is 18.2. The maximum atomic E-state index is 13.2. The fourth-order valence-corrected chi connectivity index (χ4v) is 3.83. The fraction of sp³-hybridized carbons (Fsp3) is 0.455. The van der Waals surface area contributed by atoms with Crippen LogP contribution < -0.4 is 10.5 Å². The second-order valence-corrected chi connectivity index (χ2v) is 8.15. The molecule has 0 spiro atoms. The van der Waals surface area contributed by atoms with Crippen LogP contribution in [0.2, 0.25) is 0 Å². The molecule has 1 aliphatic rings. The van der Waals surface area contributed by atoms with Crippen molar-refractivity contribution >= 4 is 22.6 Å². The van der Waals surface area contributed by atoms with Gasteiger partial charge in [0.1, 0.15) is 18.3 Å². The first-order valence-corrected chi connectivity index (χ1v) is 10.4. The summed E-state index contributed by atoms with van der Waals surface area (Å²) in [6.07, 6.45) is 4.88. The van der Waals surface area contributed by atoms with E-state index in [1.807, 2.05) is 43.3 Å². The summed E-state index contributed by atoms with van der Waals surface area (Å²) >= 11 is 0. The van der Waals surface area contributed by atoms with Crippen LogP contribution in [0.4, 0.5) is 5.69 Å². The topological polar surface area (TPSA) is 85.5 Å². The van der Waals surface area contributed by atoms with Gasteiger partial charge in [-0.15, -0.1) is 0 Å². The van der Waals surface area contributed by atoms with Gasteiger partial charge in [0.2, 0.25) is 5.91 Å². The van der Waals surface area contributed by atoms with Gasteiger partial charge in [0, 0.05) is 46.5 Å². The van der Waals surface area contributed by atoms with Crippen LogP contribution in [0.25, 0.3) is 11.0 Å². The maximum Gasteiger partial charge on any atom is 0.264 e. The van der Waals surface area contributed by atoms with Crippen molar-refractivity contribution in [3.05, 3.63) is 52.7 Å². The van der Waals surface area contributed by atoms with Gasteiger partial charge in [0.15, 0.2) is 5.65 Å². The van der Waals surface area contributed by atoms with Crippen molar-refractivity contribution in [1.82, 2.24) is 24.2 Å². The second kappa shape index (κ2) is 8.89. The molecule has 0 N–H and O–H groups in total. The first-order chi connectivity index (χ1) is 14.9. The summed E-state index contributed by atoms with van der Waals surface area (Å²) in [7, 11) is 5.72. The first kappa shape index (κ1) is 21.0. The highest BCUT2D eigenvalue weighted by atomic mass is 16.5. The molecule has 1 amide bonds. The van der Waals surface area contributed by atoms with E-state index in [4.69, 9.17) is 4.74 Å². The van der Waals surface area contributed by atoms with Crippen LogP contribution >= 0.6 is 0 Å². The number of hydrogen-bond donors (Lipinski definition) is 0. The van der Waals surface area contributed by atoms with E-state index < -0.39 is 0 Å². The molecule has 1 atom stereocenters. The van der Waals surface area contributed by atoms with Gasteiger partial charge in [0.25, 0.3) is 5.56 Å². The third-order valence-corrected chi connectivity index (χ3v) is 5.65. The number of aryl methyl sites for hydroxylation is 1. The van der Waals surface area contributed by atoms with Crippen molar-refractivity contribution in [2.24, 2.45) is 7.05 Å². The summed E-state index contributed by atoms with van der Waals surface area (Å²) in [5.74, 6) is -0.140. The van der Waals surface area contributed by atoms with E-state index in [1.165, 1.54) is 17.1 Å². The van der Waals surface area contributed by atoms with E-state index in [0.717, 1.165) is 30.7 Å². The molecular formula is C22H28N6O3. The highest BCUT2D eigenvalue weighted by molar-refractivity contribution is 5.77. The summed E-state index contributed by atoms with van der Waals surface area (Å²) < 4.78 is 8.66. The molecule has 0 aliphatic carbocycles. The summed E-state index contributed by atoms with van der Waals surface area (Å²) in [5.41, 5.74) is 2.37. The molecule has 31 heavy (non-hydrogen) atoms. The third-order valence-electron chi connectivity index (χ3n) is 5.65. The lowest BCUT2D eigenvalue weighted by atomic mass is 10.1. The molecule has 9 nitrogen and oxygen atoms in total. The number of carbonyl (C=O) groups is 1. The monoisotopic (exact) mass is 424 g/mol. The van der Waals surface area contributed by atoms with Gasteiger partial charge in [-0.2, -0.15) is 5.10 Å². The predicted octanol–water partition coefficient (Wildman–Crippen LogP) is 1.40. The average Bonchev–Trinajstić information content (AvgIpc) is 3.40. The second-order valence-electron chi connectivity index (χ2n) is 8.15. The van der Waals surface area contributed by atoms with Gasteiger partial charge in [-0.1, -0.05) is 12.1 Å². The Morgan fingerprint density at radius 1 is 1.26 bits per heavy atom. The van der Waals surface area contributed by atoms with Gasteiger partial charge in [0.05, 0.1) is 12.3 Å². The number of ether oxygens (including phenoxy) is 1. The molecular weight excluding hydrogens is 396 g/mol. The number of benzene rings is 1. The molecule has 0 saturated carbocycles. The first-order valence-electron chi connectivity index (χ1n) is 10.4. The summed E-state index contributed by atoms with van der Waals surface area (Å²) in [4.78, 5) is 34.1. The number of fused-ring (bicyclic) bond motifs is 1. The Kier molecular flexibility index (Phi) is 6.03. The van der Waals surface area contributed by atoms with Crippen LogP contribution in [0, 0.1) is 0 Å². The average molecular weight is 425 g/mol. The van der Waals surface area contributed by atoms with E-state index in [9.17, 15) is 9.59 Å². The van der Waals surface area contributed by atoms with Gasteiger partial charge in [-0.05, 0) is 30.5 Å². The Balaban J connectivity index is 1.54. The van der Waals surface area contributed by atoms with E-state index >= 15 is 0 Å². The van der Waals surface area contributed by atoms with Gasteiger partial charge in [-0.3, -0.25) is 18.8 Å². The molecule has 2 aromatic heterocycles. The number of rotatable bonds is 7. The molecule has 164 valence electrons. The van der Waals surface area contributed by atoms with E-state index in [0.29, 0.717) is 24.1 Å². The number of hydrogen-bond acceptors (Lipinski definition) is 6. The van der Waals surface area contributed by atoms with Crippen LogP contribution in [0.3, 0.4) is 0 Å². The highest BCUT2D eigenvalue weighted by Gasteiger charge is 2.23.